The first-order valence-electron chi connectivity index (χ1n) is 8.44. The number of aromatic nitrogens is 1. The summed E-state index contributed by atoms with van der Waals surface area (Å²) in [5.41, 5.74) is 1.25. The summed E-state index contributed by atoms with van der Waals surface area (Å²) in [4.78, 5) is 5.80. The van der Waals surface area contributed by atoms with Crippen LogP contribution in [0.3, 0.4) is 0 Å². The van der Waals surface area contributed by atoms with Crippen LogP contribution in [0.2, 0.25) is 0 Å². The van der Waals surface area contributed by atoms with Crippen molar-refractivity contribution in [2.75, 3.05) is 22.8 Å². The minimum absolute atomic E-state index is 0.0306. The molecule has 0 saturated heterocycles. The molecule has 0 radical (unpaired) electrons. The number of alkyl halides is 2. The number of anilines is 3. The number of rotatable bonds is 6. The van der Waals surface area contributed by atoms with E-state index < -0.39 is 16.6 Å². The lowest BCUT2D eigenvalue weighted by Crippen LogP contribution is -2.28. The fourth-order valence-electron chi connectivity index (χ4n) is 2.91. The Morgan fingerprint density at radius 2 is 2.10 bits per heavy atom. The summed E-state index contributed by atoms with van der Waals surface area (Å²) in [7, 11) is -3.82. The number of nitrogens with one attached hydrogen (secondary N) is 1. The Labute approximate surface area is 169 Å². The summed E-state index contributed by atoms with van der Waals surface area (Å²) in [5.74, 6) is 0.413. The normalized spacial score (nSPS) is 13.7. The Bertz CT molecular complexity index is 1110. The number of benzene rings is 2. The first-order chi connectivity index (χ1) is 13.9. The van der Waals surface area contributed by atoms with Crippen LogP contribution in [0.15, 0.2) is 58.9 Å². The van der Waals surface area contributed by atoms with Gasteiger partial charge in [0.05, 0.1) is 17.1 Å². The van der Waals surface area contributed by atoms with Gasteiger partial charge in [-0.25, -0.2) is 13.4 Å². The molecule has 11 heteroatoms. The Morgan fingerprint density at radius 1 is 1.24 bits per heavy atom. The Hall–Kier alpha value is -2.92. The summed E-state index contributed by atoms with van der Waals surface area (Å²) in [6.45, 7) is -2.15. The molecule has 0 saturated carbocycles. The molecule has 29 heavy (non-hydrogen) atoms. The molecule has 0 fully saturated rings. The van der Waals surface area contributed by atoms with Crippen molar-refractivity contribution in [1.29, 1.82) is 0 Å². The van der Waals surface area contributed by atoms with E-state index in [1.165, 1.54) is 41.8 Å². The maximum atomic E-state index is 12.6. The van der Waals surface area contributed by atoms with Crippen molar-refractivity contribution in [1.82, 2.24) is 4.98 Å². The number of hydrogen-bond donors (Lipinski definition) is 1. The van der Waals surface area contributed by atoms with Crippen molar-refractivity contribution in [2.24, 2.45) is 0 Å². The molecular formula is C18H15F2N3O4S2. The van der Waals surface area contributed by atoms with E-state index in [9.17, 15) is 17.2 Å². The van der Waals surface area contributed by atoms with Crippen LogP contribution >= 0.6 is 11.3 Å². The van der Waals surface area contributed by atoms with Gasteiger partial charge in [0.25, 0.3) is 10.0 Å². The second kappa shape index (κ2) is 7.84. The third-order valence-corrected chi connectivity index (χ3v) is 6.27. The second-order valence-electron chi connectivity index (χ2n) is 5.95. The molecule has 0 amide bonds. The van der Waals surface area contributed by atoms with Gasteiger partial charge < -0.3 is 14.4 Å². The molecule has 0 spiro atoms. The summed E-state index contributed by atoms with van der Waals surface area (Å²) < 4.78 is 62.7. The lowest BCUT2D eigenvalue weighted by molar-refractivity contribution is -0.0498. The van der Waals surface area contributed by atoms with E-state index in [2.05, 4.69) is 14.4 Å². The Morgan fingerprint density at radius 3 is 2.86 bits per heavy atom. The van der Waals surface area contributed by atoms with Crippen molar-refractivity contribution in [3.8, 4) is 11.5 Å². The molecule has 1 aliphatic rings. The highest BCUT2D eigenvalue weighted by atomic mass is 32.2. The van der Waals surface area contributed by atoms with Crippen molar-refractivity contribution >= 4 is 37.9 Å². The zero-order chi connectivity index (χ0) is 20.4. The van der Waals surface area contributed by atoms with Crippen LogP contribution in [0.5, 0.6) is 11.5 Å². The number of halogens is 2. The molecule has 3 aromatic rings. The molecule has 0 aliphatic carbocycles. The molecular weight excluding hydrogens is 424 g/mol. The van der Waals surface area contributed by atoms with Crippen LogP contribution in [0.4, 0.5) is 25.3 Å². The third kappa shape index (κ3) is 4.25. The summed E-state index contributed by atoms with van der Waals surface area (Å²) in [6.07, 6.45) is 1.50. The molecule has 0 atom stereocenters. The topological polar surface area (TPSA) is 80.8 Å². The number of hydrogen-bond acceptors (Lipinski definition) is 7. The average Bonchev–Trinajstić information content (AvgIpc) is 3.19. The molecule has 2 aromatic carbocycles. The second-order valence-corrected chi connectivity index (χ2v) is 8.53. The molecule has 1 aromatic heterocycles. The maximum absolute atomic E-state index is 12.6. The van der Waals surface area contributed by atoms with Gasteiger partial charge in [-0.1, -0.05) is 6.07 Å². The summed E-state index contributed by atoms with van der Waals surface area (Å²) in [6, 6.07) is 10.8. The SMILES string of the molecule is O=S(=O)(Nc1nccs1)c1ccc2c(c1)OCCN2c1cccc(OC(F)F)c1. The number of thiazole rings is 1. The van der Waals surface area contributed by atoms with E-state index in [0.29, 0.717) is 30.3 Å². The van der Waals surface area contributed by atoms with Gasteiger partial charge in [0, 0.05) is 29.4 Å². The van der Waals surface area contributed by atoms with Crippen molar-refractivity contribution in [3.05, 3.63) is 54.0 Å². The third-order valence-electron chi connectivity index (χ3n) is 4.11. The average molecular weight is 439 g/mol. The predicted molar refractivity (Wildman–Crippen MR) is 105 cm³/mol. The monoisotopic (exact) mass is 439 g/mol. The largest absolute Gasteiger partial charge is 0.489 e. The van der Waals surface area contributed by atoms with E-state index in [1.807, 2.05) is 4.90 Å². The molecule has 4 rings (SSSR count). The number of ether oxygens (including phenoxy) is 2. The first kappa shape index (κ1) is 19.4. The van der Waals surface area contributed by atoms with Gasteiger partial charge in [0.1, 0.15) is 18.1 Å². The fraction of sp³-hybridized carbons (Fsp3) is 0.167. The van der Waals surface area contributed by atoms with Crippen LogP contribution in [0.25, 0.3) is 0 Å². The van der Waals surface area contributed by atoms with Gasteiger partial charge in [0.2, 0.25) is 0 Å². The minimum Gasteiger partial charge on any atom is -0.489 e. The van der Waals surface area contributed by atoms with Gasteiger partial charge in [-0.3, -0.25) is 4.72 Å². The smallest absolute Gasteiger partial charge is 0.387 e. The number of fused-ring (bicyclic) bond motifs is 1. The molecule has 1 aliphatic heterocycles. The minimum atomic E-state index is -3.82. The van der Waals surface area contributed by atoms with Crippen LogP contribution in [-0.2, 0) is 10.0 Å². The zero-order valence-electron chi connectivity index (χ0n) is 14.8. The highest BCUT2D eigenvalue weighted by Crippen LogP contribution is 2.39. The maximum Gasteiger partial charge on any atom is 0.387 e. The van der Waals surface area contributed by atoms with E-state index in [0.717, 1.165) is 0 Å². The predicted octanol–water partition coefficient (Wildman–Crippen LogP) is 4.08. The quantitative estimate of drug-likeness (QED) is 0.624. The van der Waals surface area contributed by atoms with Crippen LogP contribution < -0.4 is 19.1 Å². The first-order valence-corrected chi connectivity index (χ1v) is 10.8. The number of sulfonamides is 1. The van der Waals surface area contributed by atoms with Gasteiger partial charge in [-0.15, -0.1) is 11.3 Å². The zero-order valence-corrected chi connectivity index (χ0v) is 16.4. The van der Waals surface area contributed by atoms with Crippen molar-refractivity contribution in [3.63, 3.8) is 0 Å². The fourth-order valence-corrected chi connectivity index (χ4v) is 4.71. The highest BCUT2D eigenvalue weighted by molar-refractivity contribution is 7.93. The van der Waals surface area contributed by atoms with E-state index >= 15 is 0 Å². The van der Waals surface area contributed by atoms with E-state index in [1.54, 1.807) is 23.6 Å². The summed E-state index contributed by atoms with van der Waals surface area (Å²) in [5, 5.41) is 1.93. The van der Waals surface area contributed by atoms with E-state index in [-0.39, 0.29) is 15.8 Å². The van der Waals surface area contributed by atoms with Crippen LogP contribution in [0.1, 0.15) is 0 Å². The standard InChI is InChI=1S/C18H15F2N3O4S2/c19-17(20)27-13-3-1-2-12(10-13)23-7-8-26-16-11-14(4-5-15(16)23)29(24,25)22-18-21-6-9-28-18/h1-6,9-11,17H,7-8H2,(H,21,22). The molecule has 7 nitrogen and oxygen atoms in total. The molecule has 1 N–H and O–H groups in total. The molecule has 0 bridgehead atoms. The molecule has 0 unspecified atom stereocenters. The van der Waals surface area contributed by atoms with Gasteiger partial charge in [-0.2, -0.15) is 8.78 Å². The Kier molecular flexibility index (Phi) is 5.24. The van der Waals surface area contributed by atoms with Gasteiger partial charge >= 0.3 is 6.61 Å². The molecule has 2 heterocycles. The lowest BCUT2D eigenvalue weighted by Gasteiger charge is -2.31. The Balaban J connectivity index is 1.64. The van der Waals surface area contributed by atoms with Crippen molar-refractivity contribution < 1.29 is 26.7 Å². The van der Waals surface area contributed by atoms with Gasteiger partial charge in [-0.05, 0) is 24.3 Å². The number of nitrogens with zero attached hydrogens (tertiary/aromatic N) is 2. The highest BCUT2D eigenvalue weighted by Gasteiger charge is 2.24. The molecule has 152 valence electrons. The van der Waals surface area contributed by atoms with Crippen molar-refractivity contribution in [2.45, 2.75) is 11.5 Å². The summed E-state index contributed by atoms with van der Waals surface area (Å²) >= 11 is 1.17. The van der Waals surface area contributed by atoms with Crippen LogP contribution in [0, 0.1) is 0 Å². The lowest BCUT2D eigenvalue weighted by atomic mass is 10.2. The van der Waals surface area contributed by atoms with E-state index in [4.69, 9.17) is 4.74 Å². The van der Waals surface area contributed by atoms with Crippen LogP contribution in [-0.4, -0.2) is 33.2 Å². The van der Waals surface area contributed by atoms with Gasteiger partial charge in [0.15, 0.2) is 5.13 Å².